The van der Waals surface area contributed by atoms with Gasteiger partial charge in [0.2, 0.25) is 0 Å². The number of hydrogen-bond donors (Lipinski definition) is 1. The molecule has 0 fully saturated rings. The summed E-state index contributed by atoms with van der Waals surface area (Å²) in [6, 6.07) is 17.3. The molecule has 21 heavy (non-hydrogen) atoms. The molecule has 3 heteroatoms. The zero-order valence-electron chi connectivity index (χ0n) is 12.6. The van der Waals surface area contributed by atoms with Gasteiger partial charge in [0.1, 0.15) is 5.75 Å². The summed E-state index contributed by atoms with van der Waals surface area (Å²) < 4.78 is 6.29. The Morgan fingerprint density at radius 3 is 2.52 bits per heavy atom. The Morgan fingerprint density at radius 2 is 1.90 bits per heavy atom. The van der Waals surface area contributed by atoms with Crippen molar-refractivity contribution in [1.82, 2.24) is 5.32 Å². The molecule has 112 valence electrons. The van der Waals surface area contributed by atoms with Crippen molar-refractivity contribution in [3.8, 4) is 5.75 Å². The molecular weight excluding hydrogens is 326 g/mol. The molecule has 1 atom stereocenters. The fraction of sp³-hybridized carbons (Fsp3) is 0.333. The van der Waals surface area contributed by atoms with Gasteiger partial charge < -0.3 is 10.1 Å². The minimum Gasteiger partial charge on any atom is -0.496 e. The average molecular weight is 348 g/mol. The lowest BCUT2D eigenvalue weighted by Gasteiger charge is -2.18. The minimum absolute atomic E-state index is 0.400. The van der Waals surface area contributed by atoms with Gasteiger partial charge in [0.15, 0.2) is 0 Å². The van der Waals surface area contributed by atoms with Crippen LogP contribution in [0.1, 0.15) is 30.5 Å². The lowest BCUT2D eigenvalue weighted by molar-refractivity contribution is 0.412. The molecule has 0 aliphatic carbocycles. The second-order valence-corrected chi connectivity index (χ2v) is 5.88. The van der Waals surface area contributed by atoms with E-state index in [1.165, 1.54) is 11.1 Å². The molecule has 2 aromatic carbocycles. The van der Waals surface area contributed by atoms with Crippen molar-refractivity contribution in [1.29, 1.82) is 0 Å². The van der Waals surface area contributed by atoms with E-state index >= 15 is 0 Å². The van der Waals surface area contributed by atoms with Crippen LogP contribution in [0.5, 0.6) is 5.75 Å². The molecule has 1 N–H and O–H groups in total. The molecule has 0 radical (unpaired) electrons. The molecule has 0 spiro atoms. The Kier molecular flexibility index (Phi) is 6.27. The van der Waals surface area contributed by atoms with Crippen molar-refractivity contribution in [2.24, 2.45) is 0 Å². The summed E-state index contributed by atoms with van der Waals surface area (Å²) in [7, 11) is 1.69. The maximum atomic E-state index is 5.27. The zero-order chi connectivity index (χ0) is 15.1. The summed E-state index contributed by atoms with van der Waals surface area (Å²) >= 11 is 3.55. The standard InChI is InChI=1S/C18H22BrNO/c1-3-20-17(15-7-5-4-6-8-15)11-9-14-10-12-18(21-2)16(19)13-14/h4-8,10,12-13,17,20H,3,9,11H2,1-2H3. The molecule has 0 aliphatic heterocycles. The number of hydrogen-bond acceptors (Lipinski definition) is 2. The van der Waals surface area contributed by atoms with Gasteiger partial charge in [-0.2, -0.15) is 0 Å². The normalized spacial score (nSPS) is 12.1. The second kappa shape index (κ2) is 8.20. The predicted octanol–water partition coefficient (Wildman–Crippen LogP) is 4.74. The van der Waals surface area contributed by atoms with Gasteiger partial charge in [0, 0.05) is 6.04 Å². The molecule has 0 heterocycles. The lowest BCUT2D eigenvalue weighted by atomic mass is 9.99. The van der Waals surface area contributed by atoms with Crippen LogP contribution in [-0.4, -0.2) is 13.7 Å². The van der Waals surface area contributed by atoms with Crippen LogP contribution in [0.2, 0.25) is 0 Å². The molecule has 2 rings (SSSR count). The summed E-state index contributed by atoms with van der Waals surface area (Å²) in [6.07, 6.45) is 2.12. The van der Waals surface area contributed by atoms with E-state index < -0.39 is 0 Å². The molecule has 0 saturated carbocycles. The van der Waals surface area contributed by atoms with Gasteiger partial charge >= 0.3 is 0 Å². The van der Waals surface area contributed by atoms with E-state index in [9.17, 15) is 0 Å². The smallest absolute Gasteiger partial charge is 0.133 e. The third-order valence-electron chi connectivity index (χ3n) is 3.59. The van der Waals surface area contributed by atoms with Crippen molar-refractivity contribution < 1.29 is 4.74 Å². The molecule has 0 saturated heterocycles. The van der Waals surface area contributed by atoms with Crippen molar-refractivity contribution in [3.05, 3.63) is 64.1 Å². The summed E-state index contributed by atoms with van der Waals surface area (Å²) in [6.45, 7) is 3.13. The SMILES string of the molecule is CCNC(CCc1ccc(OC)c(Br)c1)c1ccccc1. The minimum atomic E-state index is 0.400. The Labute approximate surface area is 135 Å². The quantitative estimate of drug-likeness (QED) is 0.780. The molecule has 0 aliphatic rings. The number of nitrogens with one attached hydrogen (secondary N) is 1. The van der Waals surface area contributed by atoms with Gasteiger partial charge in [-0.05, 0) is 58.6 Å². The number of methoxy groups -OCH3 is 1. The largest absolute Gasteiger partial charge is 0.496 e. The fourth-order valence-electron chi connectivity index (χ4n) is 2.49. The van der Waals surface area contributed by atoms with Gasteiger partial charge in [-0.3, -0.25) is 0 Å². The highest BCUT2D eigenvalue weighted by Crippen LogP contribution is 2.27. The maximum absolute atomic E-state index is 5.27. The van der Waals surface area contributed by atoms with E-state index in [0.29, 0.717) is 6.04 Å². The Morgan fingerprint density at radius 1 is 1.14 bits per heavy atom. The highest BCUT2D eigenvalue weighted by atomic mass is 79.9. The monoisotopic (exact) mass is 347 g/mol. The molecule has 0 bridgehead atoms. The summed E-state index contributed by atoms with van der Waals surface area (Å²) in [5.74, 6) is 0.880. The maximum Gasteiger partial charge on any atom is 0.133 e. The number of halogens is 1. The van der Waals surface area contributed by atoms with Crippen LogP contribution < -0.4 is 10.1 Å². The fourth-order valence-corrected chi connectivity index (χ4v) is 3.08. The summed E-state index contributed by atoms with van der Waals surface area (Å²) in [5.41, 5.74) is 2.67. The first kappa shape index (κ1) is 16.1. The van der Waals surface area contributed by atoms with E-state index in [2.05, 4.69) is 70.6 Å². The third kappa shape index (κ3) is 4.58. The van der Waals surface area contributed by atoms with Crippen LogP contribution in [0, 0.1) is 0 Å². The van der Waals surface area contributed by atoms with Gasteiger partial charge in [-0.1, -0.05) is 43.3 Å². The first-order valence-electron chi connectivity index (χ1n) is 7.35. The molecule has 1 unspecified atom stereocenters. The molecule has 2 aromatic rings. The van der Waals surface area contributed by atoms with E-state index in [1.54, 1.807) is 7.11 Å². The average Bonchev–Trinajstić information content (AvgIpc) is 2.52. The Bertz CT molecular complexity index is 556. The first-order valence-corrected chi connectivity index (χ1v) is 8.14. The van der Waals surface area contributed by atoms with Crippen LogP contribution in [0.25, 0.3) is 0 Å². The van der Waals surface area contributed by atoms with Gasteiger partial charge in [-0.15, -0.1) is 0 Å². The number of benzene rings is 2. The predicted molar refractivity (Wildman–Crippen MR) is 91.9 cm³/mol. The summed E-state index contributed by atoms with van der Waals surface area (Å²) in [4.78, 5) is 0. The van der Waals surface area contributed by atoms with Crippen LogP contribution in [0.4, 0.5) is 0 Å². The Hall–Kier alpha value is -1.32. The van der Waals surface area contributed by atoms with E-state index in [1.807, 2.05) is 6.07 Å². The van der Waals surface area contributed by atoms with E-state index in [4.69, 9.17) is 4.74 Å². The van der Waals surface area contributed by atoms with Crippen LogP contribution in [0.3, 0.4) is 0 Å². The number of ether oxygens (including phenoxy) is 1. The van der Waals surface area contributed by atoms with Crippen molar-refractivity contribution in [3.63, 3.8) is 0 Å². The summed E-state index contributed by atoms with van der Waals surface area (Å²) in [5, 5.41) is 3.57. The topological polar surface area (TPSA) is 21.3 Å². The second-order valence-electron chi connectivity index (χ2n) is 5.03. The van der Waals surface area contributed by atoms with Crippen LogP contribution in [0.15, 0.2) is 53.0 Å². The Balaban J connectivity index is 2.03. The highest BCUT2D eigenvalue weighted by molar-refractivity contribution is 9.10. The highest BCUT2D eigenvalue weighted by Gasteiger charge is 2.10. The molecular formula is C18H22BrNO. The van der Waals surface area contributed by atoms with Gasteiger partial charge in [0.25, 0.3) is 0 Å². The zero-order valence-corrected chi connectivity index (χ0v) is 14.2. The van der Waals surface area contributed by atoms with Crippen molar-refractivity contribution in [2.45, 2.75) is 25.8 Å². The first-order chi connectivity index (χ1) is 10.2. The van der Waals surface area contributed by atoms with E-state index in [-0.39, 0.29) is 0 Å². The number of rotatable bonds is 7. The lowest BCUT2D eigenvalue weighted by Crippen LogP contribution is -2.21. The van der Waals surface area contributed by atoms with Crippen molar-refractivity contribution >= 4 is 15.9 Å². The molecule has 0 amide bonds. The number of aryl methyl sites for hydroxylation is 1. The van der Waals surface area contributed by atoms with Crippen LogP contribution in [-0.2, 0) is 6.42 Å². The molecule has 2 nitrogen and oxygen atoms in total. The van der Waals surface area contributed by atoms with Gasteiger partial charge in [-0.25, -0.2) is 0 Å². The van der Waals surface area contributed by atoms with Gasteiger partial charge in [0.05, 0.1) is 11.6 Å². The van der Waals surface area contributed by atoms with Crippen LogP contribution >= 0.6 is 15.9 Å². The molecule has 0 aromatic heterocycles. The third-order valence-corrected chi connectivity index (χ3v) is 4.21. The van der Waals surface area contributed by atoms with E-state index in [0.717, 1.165) is 29.6 Å². The van der Waals surface area contributed by atoms with Crippen molar-refractivity contribution in [2.75, 3.05) is 13.7 Å².